The number of nitrogens with one attached hydrogen (secondary N) is 1. The summed E-state index contributed by atoms with van der Waals surface area (Å²) in [6.07, 6.45) is 0.855. The van der Waals surface area contributed by atoms with Gasteiger partial charge in [0.15, 0.2) is 11.6 Å². The molecular weight excluding hydrogens is 382 g/mol. The van der Waals surface area contributed by atoms with Gasteiger partial charge in [0.2, 0.25) is 5.78 Å². The van der Waals surface area contributed by atoms with Crippen LogP contribution >= 0.6 is 0 Å². The minimum atomic E-state index is -1.49. The van der Waals surface area contributed by atoms with Gasteiger partial charge in [0.05, 0.1) is 18.8 Å². The third-order valence-corrected chi connectivity index (χ3v) is 3.60. The van der Waals surface area contributed by atoms with Crippen molar-refractivity contribution < 1.29 is 37.0 Å². The van der Waals surface area contributed by atoms with Crippen LogP contribution in [0.2, 0.25) is 0 Å². The highest BCUT2D eigenvalue weighted by Crippen LogP contribution is 2.20. The summed E-state index contributed by atoms with van der Waals surface area (Å²) in [5, 5.41) is 11.8. The largest absolute Gasteiger partial charge is 0.462 e. The number of ketones is 1. The number of anilines is 1. The maximum Gasteiger partial charge on any atom is 0.343 e. The van der Waals surface area contributed by atoms with E-state index in [0.717, 1.165) is 18.3 Å². The normalized spacial score (nSPS) is 11.3. The van der Waals surface area contributed by atoms with Crippen LogP contribution in [-0.2, 0) is 16.1 Å². The van der Waals surface area contributed by atoms with Crippen LogP contribution in [0.4, 0.5) is 23.2 Å². The van der Waals surface area contributed by atoms with Gasteiger partial charge in [0.25, 0.3) is 0 Å². The number of ether oxygens (including phenoxy) is 1. The number of Topliss-reactive ketones (excluding diaryl/α,β-unsaturated/α-hetero) is 1. The Hall–Kier alpha value is -3.20. The third-order valence-electron chi connectivity index (χ3n) is 3.60. The lowest BCUT2D eigenvalue weighted by atomic mass is 10.0. The van der Waals surface area contributed by atoms with Gasteiger partial charge in [-0.15, -0.1) is 0 Å². The molecule has 0 spiro atoms. The summed E-state index contributed by atoms with van der Waals surface area (Å²) in [5.74, 6) is -7.34. The van der Waals surface area contributed by atoms with E-state index in [2.05, 4.69) is 5.32 Å². The highest BCUT2D eigenvalue weighted by molar-refractivity contribution is 6.24. The average Bonchev–Trinajstić information content (AvgIpc) is 2.65. The van der Waals surface area contributed by atoms with E-state index in [1.165, 1.54) is 13.0 Å². The fraction of sp³-hybridized carbons (Fsp3) is 0.158. The molecular formula is C19H15F4NO4. The van der Waals surface area contributed by atoms with Gasteiger partial charge in [0, 0.05) is 23.5 Å². The highest BCUT2D eigenvalue weighted by atomic mass is 19.2. The maximum atomic E-state index is 13.9. The number of rotatable bonds is 7. The van der Waals surface area contributed by atoms with Crippen LogP contribution in [-0.4, -0.2) is 23.5 Å². The second-order valence-corrected chi connectivity index (χ2v) is 5.46. The molecule has 0 aliphatic carbocycles. The summed E-state index contributed by atoms with van der Waals surface area (Å²) >= 11 is 0. The van der Waals surface area contributed by atoms with Crippen molar-refractivity contribution in [1.29, 1.82) is 0 Å². The van der Waals surface area contributed by atoms with Gasteiger partial charge in [-0.25, -0.2) is 22.4 Å². The Morgan fingerprint density at radius 2 is 1.75 bits per heavy atom. The van der Waals surface area contributed by atoms with Gasteiger partial charge in [-0.05, 0) is 31.2 Å². The van der Waals surface area contributed by atoms with Crippen molar-refractivity contribution in [2.45, 2.75) is 13.5 Å². The topological polar surface area (TPSA) is 75.6 Å². The van der Waals surface area contributed by atoms with Crippen LogP contribution in [0, 0.1) is 23.3 Å². The van der Waals surface area contributed by atoms with Crippen molar-refractivity contribution in [3.05, 3.63) is 76.5 Å². The molecule has 0 radical (unpaired) electrons. The van der Waals surface area contributed by atoms with Crippen LogP contribution in [0.15, 0.2) is 42.1 Å². The standard InChI is InChI=1S/C19H15F4NO4/c1-2-28-19(27)13(8-24-17-4-3-11(20)5-10(17)9-25)18(26)12-6-15(22)16(23)7-14(12)21/h3-8,24-25H,2,9H2,1H3/b13-8+. The van der Waals surface area contributed by atoms with Gasteiger partial charge in [0.1, 0.15) is 17.2 Å². The molecule has 2 aromatic rings. The van der Waals surface area contributed by atoms with E-state index in [4.69, 9.17) is 4.74 Å². The molecule has 0 bridgehead atoms. The highest BCUT2D eigenvalue weighted by Gasteiger charge is 2.25. The summed E-state index contributed by atoms with van der Waals surface area (Å²) < 4.78 is 58.4. The third kappa shape index (κ3) is 4.74. The monoisotopic (exact) mass is 397 g/mol. The van der Waals surface area contributed by atoms with Crippen molar-refractivity contribution in [3.63, 3.8) is 0 Å². The van der Waals surface area contributed by atoms with E-state index >= 15 is 0 Å². The van der Waals surface area contributed by atoms with Crippen molar-refractivity contribution in [2.24, 2.45) is 0 Å². The molecule has 0 saturated heterocycles. The molecule has 5 nitrogen and oxygen atoms in total. The summed E-state index contributed by atoms with van der Waals surface area (Å²) in [5.41, 5.74) is -1.31. The first-order chi connectivity index (χ1) is 13.3. The lowest BCUT2D eigenvalue weighted by molar-refractivity contribution is -0.138. The van der Waals surface area contributed by atoms with Crippen LogP contribution in [0.1, 0.15) is 22.8 Å². The Morgan fingerprint density at radius 1 is 1.07 bits per heavy atom. The van der Waals surface area contributed by atoms with E-state index in [1.54, 1.807) is 0 Å². The number of hydrogen-bond donors (Lipinski definition) is 2. The number of benzene rings is 2. The second kappa shape index (κ2) is 9.14. The first kappa shape index (κ1) is 21.1. The Bertz CT molecular complexity index is 944. The number of carbonyl (C=O) groups is 2. The molecule has 0 atom stereocenters. The van der Waals surface area contributed by atoms with Crippen LogP contribution in [0.3, 0.4) is 0 Å². The number of aliphatic hydroxyl groups excluding tert-OH is 1. The zero-order valence-electron chi connectivity index (χ0n) is 14.6. The lowest BCUT2D eigenvalue weighted by Crippen LogP contribution is -2.19. The number of aliphatic hydroxyl groups is 1. The molecule has 2 rings (SSSR count). The molecule has 2 aromatic carbocycles. The van der Waals surface area contributed by atoms with Crippen LogP contribution in [0.5, 0.6) is 0 Å². The predicted molar refractivity (Wildman–Crippen MR) is 91.3 cm³/mol. The minimum Gasteiger partial charge on any atom is -0.462 e. The fourth-order valence-corrected chi connectivity index (χ4v) is 2.25. The van der Waals surface area contributed by atoms with Gasteiger partial charge < -0.3 is 15.2 Å². The van der Waals surface area contributed by atoms with Crippen molar-refractivity contribution in [2.75, 3.05) is 11.9 Å². The van der Waals surface area contributed by atoms with Crippen LogP contribution in [0.25, 0.3) is 0 Å². The Morgan fingerprint density at radius 3 is 2.39 bits per heavy atom. The van der Waals surface area contributed by atoms with E-state index in [-0.39, 0.29) is 23.9 Å². The van der Waals surface area contributed by atoms with Gasteiger partial charge in [-0.2, -0.15) is 0 Å². The Kier molecular flexibility index (Phi) is 6.89. The zero-order valence-corrected chi connectivity index (χ0v) is 14.6. The first-order valence-corrected chi connectivity index (χ1v) is 8.00. The number of hydrogen-bond acceptors (Lipinski definition) is 5. The molecule has 0 aliphatic heterocycles. The molecule has 0 unspecified atom stereocenters. The quantitative estimate of drug-likeness (QED) is 0.142. The molecule has 0 fully saturated rings. The van der Waals surface area contributed by atoms with Crippen LogP contribution < -0.4 is 5.32 Å². The number of esters is 1. The molecule has 9 heteroatoms. The molecule has 148 valence electrons. The summed E-state index contributed by atoms with van der Waals surface area (Å²) in [7, 11) is 0. The first-order valence-electron chi connectivity index (χ1n) is 8.00. The van der Waals surface area contributed by atoms with Crippen molar-refractivity contribution >= 4 is 17.4 Å². The predicted octanol–water partition coefficient (Wildman–Crippen LogP) is 3.48. The van der Waals surface area contributed by atoms with Crippen molar-refractivity contribution in [3.8, 4) is 0 Å². The van der Waals surface area contributed by atoms with E-state index < -0.39 is 52.8 Å². The fourth-order valence-electron chi connectivity index (χ4n) is 2.25. The van der Waals surface area contributed by atoms with E-state index in [1.807, 2.05) is 0 Å². The molecule has 2 N–H and O–H groups in total. The van der Waals surface area contributed by atoms with Crippen molar-refractivity contribution in [1.82, 2.24) is 0 Å². The van der Waals surface area contributed by atoms with Gasteiger partial charge in [-0.3, -0.25) is 4.79 Å². The smallest absolute Gasteiger partial charge is 0.343 e. The lowest BCUT2D eigenvalue weighted by Gasteiger charge is -2.11. The second-order valence-electron chi connectivity index (χ2n) is 5.46. The van der Waals surface area contributed by atoms with E-state index in [9.17, 15) is 32.3 Å². The number of halogens is 4. The molecule has 28 heavy (non-hydrogen) atoms. The Balaban J connectivity index is 2.45. The summed E-state index contributed by atoms with van der Waals surface area (Å²) in [4.78, 5) is 24.6. The molecule has 0 saturated carbocycles. The molecule has 0 heterocycles. The number of carbonyl (C=O) groups excluding carboxylic acids is 2. The molecule has 0 aliphatic rings. The zero-order chi connectivity index (χ0) is 20.8. The molecule has 0 amide bonds. The minimum absolute atomic E-state index is 0.109. The maximum absolute atomic E-state index is 13.9. The van der Waals surface area contributed by atoms with Gasteiger partial charge >= 0.3 is 5.97 Å². The van der Waals surface area contributed by atoms with Gasteiger partial charge in [-0.1, -0.05) is 0 Å². The molecule has 0 aromatic heterocycles. The summed E-state index contributed by atoms with van der Waals surface area (Å²) in [6.45, 7) is 0.811. The van der Waals surface area contributed by atoms with E-state index in [0.29, 0.717) is 6.07 Å². The Labute approximate surface area is 157 Å². The SMILES string of the molecule is CCOC(=O)/C(=C/Nc1ccc(F)cc1CO)C(=O)c1cc(F)c(F)cc1F. The average molecular weight is 397 g/mol. The summed E-state index contributed by atoms with van der Waals surface area (Å²) in [6, 6.07) is 3.84.